The molecule has 0 saturated carbocycles. The van der Waals surface area contributed by atoms with E-state index in [9.17, 15) is 0 Å². The monoisotopic (exact) mass is 271 g/mol. The number of hydrogen-bond acceptors (Lipinski definition) is 3. The largest absolute Gasteiger partial charge is 0.352 e. The molecule has 0 spiro atoms. The molecule has 0 amide bonds. The Kier molecular flexibility index (Phi) is 3.16. The fraction of sp³-hybridized carbons (Fsp3) is 0.583. The van der Waals surface area contributed by atoms with Crippen LogP contribution >= 0.6 is 23.2 Å². The maximum absolute atomic E-state index is 6.21. The lowest BCUT2D eigenvalue weighted by molar-refractivity contribution is 0.282. The Morgan fingerprint density at radius 3 is 2.59 bits per heavy atom. The molecule has 2 saturated heterocycles. The number of piperidine rings is 1. The Hall–Kier alpha value is -0.510. The van der Waals surface area contributed by atoms with Gasteiger partial charge in [0.05, 0.1) is 10.0 Å². The summed E-state index contributed by atoms with van der Waals surface area (Å²) in [6.45, 7) is 1.98. The van der Waals surface area contributed by atoms with Crippen molar-refractivity contribution in [2.75, 3.05) is 18.0 Å². The number of aromatic nitrogens is 1. The summed E-state index contributed by atoms with van der Waals surface area (Å²) in [6.07, 6.45) is 5.49. The van der Waals surface area contributed by atoms with Crippen molar-refractivity contribution in [3.63, 3.8) is 0 Å². The summed E-state index contributed by atoms with van der Waals surface area (Å²) in [7, 11) is 0. The highest BCUT2D eigenvalue weighted by Crippen LogP contribution is 2.29. The van der Waals surface area contributed by atoms with Gasteiger partial charge in [-0.3, -0.25) is 0 Å². The van der Waals surface area contributed by atoms with Crippen LogP contribution in [-0.2, 0) is 0 Å². The van der Waals surface area contributed by atoms with E-state index in [0.717, 1.165) is 18.9 Å². The zero-order valence-corrected chi connectivity index (χ0v) is 11.0. The van der Waals surface area contributed by atoms with E-state index in [-0.39, 0.29) is 0 Å². The molecule has 0 radical (unpaired) electrons. The zero-order chi connectivity index (χ0) is 11.8. The molecule has 17 heavy (non-hydrogen) atoms. The van der Waals surface area contributed by atoms with Crippen LogP contribution in [0.15, 0.2) is 12.3 Å². The van der Waals surface area contributed by atoms with Gasteiger partial charge in [-0.05, 0) is 18.9 Å². The number of piperazine rings is 1. The highest BCUT2D eigenvalue weighted by Gasteiger charge is 2.30. The molecule has 2 aliphatic heterocycles. The SMILES string of the molecule is Clc1cnc(N2CC3CCCC(C2)N3)c(Cl)c1. The van der Waals surface area contributed by atoms with Crippen LogP contribution in [0.4, 0.5) is 5.82 Å². The van der Waals surface area contributed by atoms with Crippen LogP contribution in [0.2, 0.25) is 10.0 Å². The van der Waals surface area contributed by atoms with Crippen molar-refractivity contribution in [3.05, 3.63) is 22.3 Å². The molecule has 2 atom stereocenters. The minimum atomic E-state index is 0.580. The minimum absolute atomic E-state index is 0.580. The topological polar surface area (TPSA) is 28.2 Å². The maximum Gasteiger partial charge on any atom is 0.147 e. The highest BCUT2D eigenvalue weighted by molar-refractivity contribution is 6.36. The number of rotatable bonds is 1. The van der Waals surface area contributed by atoms with E-state index >= 15 is 0 Å². The fourth-order valence-corrected chi connectivity index (χ4v) is 3.32. The predicted molar refractivity (Wildman–Crippen MR) is 71.0 cm³/mol. The lowest BCUT2D eigenvalue weighted by atomic mass is 9.94. The van der Waals surface area contributed by atoms with E-state index in [1.165, 1.54) is 19.3 Å². The second-order valence-corrected chi connectivity index (χ2v) is 5.70. The van der Waals surface area contributed by atoms with Gasteiger partial charge in [-0.25, -0.2) is 4.98 Å². The maximum atomic E-state index is 6.21. The van der Waals surface area contributed by atoms with Gasteiger partial charge in [-0.1, -0.05) is 29.6 Å². The van der Waals surface area contributed by atoms with Gasteiger partial charge in [-0.15, -0.1) is 0 Å². The third-order valence-electron chi connectivity index (χ3n) is 3.55. The molecule has 2 fully saturated rings. The van der Waals surface area contributed by atoms with E-state index in [0.29, 0.717) is 22.1 Å². The first kappa shape index (κ1) is 11.6. The summed E-state index contributed by atoms with van der Waals surface area (Å²) in [5.74, 6) is 0.870. The molecule has 2 bridgehead atoms. The standard InChI is InChI=1S/C12H15Cl2N3/c13-8-4-11(14)12(15-5-8)17-6-9-2-1-3-10(7-17)16-9/h4-5,9-10,16H,1-3,6-7H2. The third-order valence-corrected chi connectivity index (χ3v) is 4.03. The molecule has 1 aromatic heterocycles. The van der Waals surface area contributed by atoms with Crippen molar-refractivity contribution in [1.82, 2.24) is 10.3 Å². The van der Waals surface area contributed by atoms with E-state index in [1.54, 1.807) is 12.3 Å². The Morgan fingerprint density at radius 1 is 1.24 bits per heavy atom. The lowest BCUT2D eigenvalue weighted by Gasteiger charge is -2.43. The molecule has 5 heteroatoms. The molecular weight excluding hydrogens is 257 g/mol. The van der Waals surface area contributed by atoms with E-state index < -0.39 is 0 Å². The number of pyridine rings is 1. The smallest absolute Gasteiger partial charge is 0.147 e. The van der Waals surface area contributed by atoms with Crippen LogP contribution in [0.25, 0.3) is 0 Å². The lowest BCUT2D eigenvalue weighted by Crippen LogP contribution is -2.59. The molecule has 3 nitrogen and oxygen atoms in total. The van der Waals surface area contributed by atoms with Gasteiger partial charge in [0, 0.05) is 31.4 Å². The number of nitrogens with zero attached hydrogens (tertiary/aromatic N) is 2. The highest BCUT2D eigenvalue weighted by atomic mass is 35.5. The fourth-order valence-electron chi connectivity index (χ4n) is 2.82. The number of halogens is 2. The van der Waals surface area contributed by atoms with Crippen LogP contribution in [0.3, 0.4) is 0 Å². The van der Waals surface area contributed by atoms with Crippen molar-refractivity contribution in [2.45, 2.75) is 31.3 Å². The first-order valence-electron chi connectivity index (χ1n) is 6.04. The van der Waals surface area contributed by atoms with Gasteiger partial charge in [0.15, 0.2) is 0 Å². The first-order chi connectivity index (χ1) is 8.22. The molecule has 2 unspecified atom stereocenters. The Balaban J connectivity index is 1.84. The predicted octanol–water partition coefficient (Wildman–Crippen LogP) is 2.72. The average Bonchev–Trinajstić information content (AvgIpc) is 2.28. The van der Waals surface area contributed by atoms with Crippen LogP contribution in [0, 0.1) is 0 Å². The summed E-state index contributed by atoms with van der Waals surface area (Å²) in [4.78, 5) is 6.64. The van der Waals surface area contributed by atoms with Crippen molar-refractivity contribution >= 4 is 29.0 Å². The molecule has 92 valence electrons. The van der Waals surface area contributed by atoms with E-state index in [4.69, 9.17) is 23.2 Å². The quantitative estimate of drug-likeness (QED) is 0.852. The molecule has 0 aliphatic carbocycles. The van der Waals surface area contributed by atoms with Gasteiger partial charge < -0.3 is 10.2 Å². The Bertz CT molecular complexity index is 412. The molecular formula is C12H15Cl2N3. The van der Waals surface area contributed by atoms with Gasteiger partial charge in [0.1, 0.15) is 5.82 Å². The van der Waals surface area contributed by atoms with Gasteiger partial charge in [-0.2, -0.15) is 0 Å². The number of fused-ring (bicyclic) bond motifs is 2. The molecule has 1 aromatic rings. The summed E-state index contributed by atoms with van der Waals surface area (Å²) < 4.78 is 0. The molecule has 1 N–H and O–H groups in total. The van der Waals surface area contributed by atoms with Crippen molar-refractivity contribution in [1.29, 1.82) is 0 Å². The van der Waals surface area contributed by atoms with Crippen LogP contribution in [-0.4, -0.2) is 30.2 Å². The third kappa shape index (κ3) is 2.37. The second-order valence-electron chi connectivity index (χ2n) is 4.86. The second kappa shape index (κ2) is 4.63. The van der Waals surface area contributed by atoms with Gasteiger partial charge >= 0.3 is 0 Å². The van der Waals surface area contributed by atoms with E-state index in [1.807, 2.05) is 0 Å². The van der Waals surface area contributed by atoms with Crippen LogP contribution < -0.4 is 10.2 Å². The Labute approximate surface area is 111 Å². The van der Waals surface area contributed by atoms with Crippen molar-refractivity contribution in [3.8, 4) is 0 Å². The molecule has 0 aromatic carbocycles. The Morgan fingerprint density at radius 2 is 1.94 bits per heavy atom. The molecule has 3 rings (SSSR count). The number of nitrogens with one attached hydrogen (secondary N) is 1. The summed E-state index contributed by atoms with van der Waals surface area (Å²) in [5, 5.41) is 4.89. The summed E-state index contributed by atoms with van der Waals surface area (Å²) in [5.41, 5.74) is 0. The minimum Gasteiger partial charge on any atom is -0.352 e. The average molecular weight is 272 g/mol. The van der Waals surface area contributed by atoms with Gasteiger partial charge in [0.25, 0.3) is 0 Å². The molecule has 2 aliphatic rings. The molecule has 3 heterocycles. The summed E-state index contributed by atoms with van der Waals surface area (Å²) >= 11 is 12.1. The van der Waals surface area contributed by atoms with E-state index in [2.05, 4.69) is 15.2 Å². The van der Waals surface area contributed by atoms with Crippen LogP contribution in [0.1, 0.15) is 19.3 Å². The summed E-state index contributed by atoms with van der Waals surface area (Å²) in [6, 6.07) is 2.93. The van der Waals surface area contributed by atoms with Gasteiger partial charge in [0.2, 0.25) is 0 Å². The number of anilines is 1. The normalized spacial score (nSPS) is 28.2. The zero-order valence-electron chi connectivity index (χ0n) is 9.50. The van der Waals surface area contributed by atoms with Crippen LogP contribution in [0.5, 0.6) is 0 Å². The van der Waals surface area contributed by atoms with Crippen molar-refractivity contribution < 1.29 is 0 Å². The number of hydrogen-bond donors (Lipinski definition) is 1. The first-order valence-corrected chi connectivity index (χ1v) is 6.80. The van der Waals surface area contributed by atoms with Crippen molar-refractivity contribution in [2.24, 2.45) is 0 Å².